The molecule has 6 nitrogen and oxygen atoms in total. The minimum atomic E-state index is -1.27. The maximum absolute atomic E-state index is 13.4. The maximum Gasteiger partial charge on any atom is 0.379 e. The van der Waals surface area contributed by atoms with Gasteiger partial charge in [0.15, 0.2) is 0 Å². The molecule has 17 heavy (non-hydrogen) atoms. The van der Waals surface area contributed by atoms with Gasteiger partial charge >= 0.3 is 5.97 Å². The van der Waals surface area contributed by atoms with Crippen molar-refractivity contribution in [3.63, 3.8) is 0 Å². The maximum atomic E-state index is 13.4. The van der Waals surface area contributed by atoms with Crippen molar-refractivity contribution in [2.24, 2.45) is 0 Å². The smallest absolute Gasteiger partial charge is 0.379 e. The molecule has 90 valence electrons. The largest absolute Gasteiger partial charge is 0.463 e. The molecule has 0 saturated carbocycles. The third-order valence-electron chi connectivity index (χ3n) is 2.18. The molecule has 0 spiro atoms. The number of carbonyl (C=O) groups is 2. The average Bonchev–Trinajstić information content (AvgIpc) is 2.27. The predicted octanol–water partition coefficient (Wildman–Crippen LogP) is 1.40. The molecule has 0 saturated heterocycles. The van der Waals surface area contributed by atoms with Gasteiger partial charge in [0, 0.05) is 11.6 Å². The molecular weight excluding hydrogens is 233 g/mol. The van der Waals surface area contributed by atoms with Gasteiger partial charge in [0.1, 0.15) is 5.82 Å². The molecule has 0 unspecified atom stereocenters. The second-order valence-corrected chi connectivity index (χ2v) is 3.14. The zero-order valence-corrected chi connectivity index (χ0v) is 9.02. The molecule has 0 aliphatic rings. The van der Waals surface area contributed by atoms with Crippen LogP contribution in [0.1, 0.15) is 15.9 Å². The summed E-state index contributed by atoms with van der Waals surface area (Å²) in [6.45, 7) is 1.19. The zero-order chi connectivity index (χ0) is 13.2. The normalized spacial score (nSPS) is 9.82. The molecule has 1 aromatic rings. The number of ketones is 1. The summed E-state index contributed by atoms with van der Waals surface area (Å²) in [5.41, 5.74) is -1.27. The van der Waals surface area contributed by atoms with Crippen molar-refractivity contribution in [3.8, 4) is 0 Å². The van der Waals surface area contributed by atoms with Crippen LogP contribution in [0.2, 0.25) is 0 Å². The lowest BCUT2D eigenvalue weighted by Crippen LogP contribution is -2.19. The second kappa shape index (κ2) is 4.69. The van der Waals surface area contributed by atoms with E-state index in [4.69, 9.17) is 0 Å². The Balaban J connectivity index is 3.42. The van der Waals surface area contributed by atoms with E-state index in [0.29, 0.717) is 0 Å². The lowest BCUT2D eigenvalue weighted by Gasteiger charge is -2.05. The number of rotatable bonds is 3. The Hall–Kier alpha value is -2.31. The van der Waals surface area contributed by atoms with E-state index in [1.165, 1.54) is 6.92 Å². The number of Topliss-reactive ketones (excluding diaryl/α,β-unsaturated/α-hetero) is 1. The third kappa shape index (κ3) is 2.27. The van der Waals surface area contributed by atoms with Crippen molar-refractivity contribution < 1.29 is 23.6 Å². The number of nitrogens with zero attached hydrogens (tertiary/aromatic N) is 1. The van der Waals surface area contributed by atoms with Crippen molar-refractivity contribution in [2.75, 3.05) is 7.11 Å². The first kappa shape index (κ1) is 12.8. The molecule has 0 heterocycles. The van der Waals surface area contributed by atoms with Gasteiger partial charge in [0.2, 0.25) is 0 Å². The number of ether oxygens (including phenoxy) is 1. The SMILES string of the molecule is COC(=O)C(=O)c1c(F)ccc([N+](=O)[O-])c1C. The summed E-state index contributed by atoms with van der Waals surface area (Å²) < 4.78 is 17.5. The predicted molar refractivity (Wildman–Crippen MR) is 54.1 cm³/mol. The Morgan fingerprint density at radius 2 is 2.00 bits per heavy atom. The summed E-state index contributed by atoms with van der Waals surface area (Å²) in [5.74, 6) is -3.51. The topological polar surface area (TPSA) is 86.5 Å². The number of esters is 1. The first-order valence-corrected chi connectivity index (χ1v) is 4.46. The molecule has 0 fully saturated rings. The third-order valence-corrected chi connectivity index (χ3v) is 2.18. The van der Waals surface area contributed by atoms with Gasteiger partial charge in [0.05, 0.1) is 17.6 Å². The lowest BCUT2D eigenvalue weighted by molar-refractivity contribution is -0.385. The summed E-state index contributed by atoms with van der Waals surface area (Å²) in [6.07, 6.45) is 0. The highest BCUT2D eigenvalue weighted by atomic mass is 19.1. The molecule has 0 aliphatic heterocycles. The van der Waals surface area contributed by atoms with E-state index in [0.717, 1.165) is 19.2 Å². The number of benzene rings is 1. The first-order chi connectivity index (χ1) is 7.90. The standard InChI is InChI=1S/C10H8FNO5/c1-5-7(12(15)16)4-3-6(11)8(5)9(13)10(14)17-2/h3-4H,1-2H3. The summed E-state index contributed by atoms with van der Waals surface area (Å²) in [4.78, 5) is 32.3. The van der Waals surface area contributed by atoms with Crippen LogP contribution in [0, 0.1) is 22.9 Å². The van der Waals surface area contributed by atoms with Gasteiger partial charge in [-0.05, 0) is 13.0 Å². The minimum Gasteiger partial charge on any atom is -0.463 e. The highest BCUT2D eigenvalue weighted by Crippen LogP contribution is 2.24. The number of hydrogen-bond donors (Lipinski definition) is 0. The summed E-state index contributed by atoms with van der Waals surface area (Å²) >= 11 is 0. The van der Waals surface area contributed by atoms with Crippen LogP contribution in [0.25, 0.3) is 0 Å². The van der Waals surface area contributed by atoms with Crippen LogP contribution in [-0.4, -0.2) is 23.8 Å². The Labute approximate surface area is 95.1 Å². The minimum absolute atomic E-state index is 0.203. The molecule has 1 rings (SSSR count). The summed E-state index contributed by atoms with van der Waals surface area (Å²) in [6, 6.07) is 1.69. The second-order valence-electron chi connectivity index (χ2n) is 3.14. The number of nitro benzene ring substituents is 1. The molecule has 0 aromatic heterocycles. The molecule has 7 heteroatoms. The van der Waals surface area contributed by atoms with Gasteiger partial charge in [-0.2, -0.15) is 0 Å². The molecule has 1 aromatic carbocycles. The van der Waals surface area contributed by atoms with Crippen molar-refractivity contribution in [1.29, 1.82) is 0 Å². The van der Waals surface area contributed by atoms with E-state index in [-0.39, 0.29) is 5.56 Å². The van der Waals surface area contributed by atoms with Gasteiger partial charge in [-0.3, -0.25) is 14.9 Å². The van der Waals surface area contributed by atoms with E-state index in [1.807, 2.05) is 0 Å². The number of carbonyl (C=O) groups excluding carboxylic acids is 2. The van der Waals surface area contributed by atoms with Crippen LogP contribution in [0.15, 0.2) is 12.1 Å². The summed E-state index contributed by atoms with van der Waals surface area (Å²) in [5, 5.41) is 10.6. The Kier molecular flexibility index (Phi) is 3.52. The van der Waals surface area contributed by atoms with Crippen LogP contribution in [0.4, 0.5) is 10.1 Å². The molecule has 0 N–H and O–H groups in total. The Bertz CT molecular complexity index is 512. The monoisotopic (exact) mass is 241 g/mol. The number of methoxy groups -OCH3 is 1. The van der Waals surface area contributed by atoms with E-state index in [2.05, 4.69) is 4.74 Å². The lowest BCUT2D eigenvalue weighted by atomic mass is 10.0. The van der Waals surface area contributed by atoms with E-state index in [9.17, 15) is 24.1 Å². The fourth-order valence-corrected chi connectivity index (χ4v) is 1.34. The molecule has 0 aliphatic carbocycles. The average molecular weight is 241 g/mol. The van der Waals surface area contributed by atoms with Crippen molar-refractivity contribution in [2.45, 2.75) is 6.92 Å². The Morgan fingerprint density at radius 1 is 1.41 bits per heavy atom. The quantitative estimate of drug-likeness (QED) is 0.262. The highest BCUT2D eigenvalue weighted by molar-refractivity contribution is 6.41. The van der Waals surface area contributed by atoms with Gasteiger partial charge in [-0.15, -0.1) is 0 Å². The first-order valence-electron chi connectivity index (χ1n) is 4.46. The van der Waals surface area contributed by atoms with Gasteiger partial charge in [0.25, 0.3) is 11.5 Å². The van der Waals surface area contributed by atoms with E-state index < -0.39 is 33.7 Å². The van der Waals surface area contributed by atoms with Gasteiger partial charge in [-0.1, -0.05) is 0 Å². The van der Waals surface area contributed by atoms with Crippen LogP contribution in [-0.2, 0) is 9.53 Å². The van der Waals surface area contributed by atoms with E-state index in [1.54, 1.807) is 0 Å². The molecule has 0 amide bonds. The van der Waals surface area contributed by atoms with Gasteiger partial charge in [-0.25, -0.2) is 9.18 Å². The fourth-order valence-electron chi connectivity index (χ4n) is 1.34. The van der Waals surface area contributed by atoms with Crippen LogP contribution >= 0.6 is 0 Å². The molecule has 0 bridgehead atoms. The van der Waals surface area contributed by atoms with Crippen LogP contribution in [0.5, 0.6) is 0 Å². The molecular formula is C10H8FNO5. The summed E-state index contributed by atoms with van der Waals surface area (Å²) in [7, 11) is 0.963. The van der Waals surface area contributed by atoms with Crippen molar-refractivity contribution >= 4 is 17.4 Å². The molecule has 0 radical (unpaired) electrons. The number of nitro groups is 1. The fraction of sp³-hybridized carbons (Fsp3) is 0.200. The van der Waals surface area contributed by atoms with Crippen LogP contribution < -0.4 is 0 Å². The highest BCUT2D eigenvalue weighted by Gasteiger charge is 2.27. The van der Waals surface area contributed by atoms with Gasteiger partial charge < -0.3 is 4.74 Å². The molecule has 0 atom stereocenters. The van der Waals surface area contributed by atoms with Crippen molar-refractivity contribution in [1.82, 2.24) is 0 Å². The van der Waals surface area contributed by atoms with Crippen LogP contribution in [0.3, 0.4) is 0 Å². The van der Waals surface area contributed by atoms with Crippen molar-refractivity contribution in [3.05, 3.63) is 39.2 Å². The zero-order valence-electron chi connectivity index (χ0n) is 9.02. The number of halogens is 1. The number of hydrogen-bond acceptors (Lipinski definition) is 5. The van der Waals surface area contributed by atoms with E-state index >= 15 is 0 Å². The Morgan fingerprint density at radius 3 is 2.47 bits per heavy atom.